The van der Waals surface area contributed by atoms with Gasteiger partial charge in [-0.2, -0.15) is 0 Å². The SMILES string of the molecule is CC(NC(=O)c1cccc2c1C(=O)N(c1ccccc1)C2)C(=O)O. The van der Waals surface area contributed by atoms with Gasteiger partial charge in [0.05, 0.1) is 17.7 Å². The van der Waals surface area contributed by atoms with Gasteiger partial charge in [-0.1, -0.05) is 30.3 Å². The third-order valence-electron chi connectivity index (χ3n) is 3.97. The minimum Gasteiger partial charge on any atom is -0.480 e. The number of hydrogen-bond acceptors (Lipinski definition) is 3. The van der Waals surface area contributed by atoms with Gasteiger partial charge in [-0.05, 0) is 30.7 Å². The second-order valence-electron chi connectivity index (χ2n) is 5.60. The maximum atomic E-state index is 12.8. The van der Waals surface area contributed by atoms with Gasteiger partial charge < -0.3 is 15.3 Å². The smallest absolute Gasteiger partial charge is 0.325 e. The van der Waals surface area contributed by atoms with Crippen LogP contribution in [-0.2, 0) is 11.3 Å². The fourth-order valence-corrected chi connectivity index (χ4v) is 2.70. The molecule has 2 N–H and O–H groups in total. The highest BCUT2D eigenvalue weighted by Gasteiger charge is 2.33. The van der Waals surface area contributed by atoms with E-state index in [-0.39, 0.29) is 11.5 Å². The largest absolute Gasteiger partial charge is 0.480 e. The summed E-state index contributed by atoms with van der Waals surface area (Å²) in [6.45, 7) is 1.76. The predicted octanol–water partition coefficient (Wildman–Crippen LogP) is 2.05. The lowest BCUT2D eigenvalue weighted by Crippen LogP contribution is -2.39. The van der Waals surface area contributed by atoms with Crippen molar-refractivity contribution >= 4 is 23.5 Å². The first-order valence-electron chi connectivity index (χ1n) is 7.51. The van der Waals surface area contributed by atoms with Crippen molar-refractivity contribution in [1.29, 1.82) is 0 Å². The van der Waals surface area contributed by atoms with E-state index in [0.29, 0.717) is 12.1 Å². The van der Waals surface area contributed by atoms with E-state index in [1.165, 1.54) is 13.0 Å². The first-order chi connectivity index (χ1) is 11.5. The molecule has 3 rings (SSSR count). The standard InChI is InChI=1S/C18H16N2O4/c1-11(18(23)24)19-16(21)14-9-5-6-12-10-20(17(22)15(12)14)13-7-3-2-4-8-13/h2-9,11H,10H2,1H3,(H,19,21)(H,23,24). The average Bonchev–Trinajstić information content (AvgIpc) is 2.92. The molecule has 1 aliphatic rings. The number of nitrogens with zero attached hydrogens (tertiary/aromatic N) is 1. The highest BCUT2D eigenvalue weighted by atomic mass is 16.4. The molecular weight excluding hydrogens is 308 g/mol. The van der Waals surface area contributed by atoms with Gasteiger partial charge >= 0.3 is 5.97 Å². The first-order valence-corrected chi connectivity index (χ1v) is 7.51. The number of para-hydroxylation sites is 1. The number of hydrogen-bond donors (Lipinski definition) is 2. The van der Waals surface area contributed by atoms with Crippen molar-refractivity contribution in [3.8, 4) is 0 Å². The molecule has 1 heterocycles. The third-order valence-corrected chi connectivity index (χ3v) is 3.97. The summed E-state index contributed by atoms with van der Waals surface area (Å²) in [5.41, 5.74) is 2.03. The Morgan fingerprint density at radius 3 is 2.50 bits per heavy atom. The Hall–Kier alpha value is -3.15. The Balaban J connectivity index is 1.93. The molecule has 0 bridgehead atoms. The van der Waals surface area contributed by atoms with Gasteiger partial charge in [0.2, 0.25) is 0 Å². The maximum Gasteiger partial charge on any atom is 0.325 e. The Bertz CT molecular complexity index is 817. The Labute approximate surface area is 138 Å². The quantitative estimate of drug-likeness (QED) is 0.901. The number of anilines is 1. The molecule has 0 aliphatic carbocycles. The van der Waals surface area contributed by atoms with Crippen molar-refractivity contribution in [1.82, 2.24) is 5.32 Å². The second-order valence-corrected chi connectivity index (χ2v) is 5.60. The molecule has 1 unspecified atom stereocenters. The predicted molar refractivity (Wildman–Crippen MR) is 88.0 cm³/mol. The van der Waals surface area contributed by atoms with Crippen LogP contribution < -0.4 is 10.2 Å². The van der Waals surface area contributed by atoms with Crippen LogP contribution in [0.4, 0.5) is 5.69 Å². The molecule has 6 heteroatoms. The second kappa shape index (κ2) is 6.16. The number of benzene rings is 2. The van der Waals surface area contributed by atoms with E-state index in [1.54, 1.807) is 17.0 Å². The number of nitrogens with one attached hydrogen (secondary N) is 1. The van der Waals surface area contributed by atoms with E-state index in [1.807, 2.05) is 30.3 Å². The van der Waals surface area contributed by atoms with Crippen molar-refractivity contribution < 1.29 is 19.5 Å². The normalized spacial score (nSPS) is 14.2. The van der Waals surface area contributed by atoms with Gasteiger partial charge in [-0.25, -0.2) is 0 Å². The fraction of sp³-hybridized carbons (Fsp3) is 0.167. The van der Waals surface area contributed by atoms with Crippen molar-refractivity contribution in [3.63, 3.8) is 0 Å². The summed E-state index contributed by atoms with van der Waals surface area (Å²) in [7, 11) is 0. The van der Waals surface area contributed by atoms with Gasteiger partial charge in [0.15, 0.2) is 0 Å². The van der Waals surface area contributed by atoms with Crippen LogP contribution in [0.15, 0.2) is 48.5 Å². The van der Waals surface area contributed by atoms with Gasteiger partial charge in [-0.15, -0.1) is 0 Å². The highest BCUT2D eigenvalue weighted by Crippen LogP contribution is 2.30. The van der Waals surface area contributed by atoms with E-state index in [2.05, 4.69) is 5.32 Å². The number of aliphatic carboxylic acids is 1. The number of carbonyl (C=O) groups excluding carboxylic acids is 2. The summed E-state index contributed by atoms with van der Waals surface area (Å²) < 4.78 is 0. The molecule has 2 amide bonds. The summed E-state index contributed by atoms with van der Waals surface area (Å²) >= 11 is 0. The van der Waals surface area contributed by atoms with E-state index in [0.717, 1.165) is 11.3 Å². The lowest BCUT2D eigenvalue weighted by molar-refractivity contribution is -0.138. The summed E-state index contributed by atoms with van der Waals surface area (Å²) in [4.78, 5) is 37.6. The van der Waals surface area contributed by atoms with Crippen LogP contribution in [0.3, 0.4) is 0 Å². The zero-order valence-electron chi connectivity index (χ0n) is 13.0. The molecule has 0 saturated heterocycles. The highest BCUT2D eigenvalue weighted by molar-refractivity contribution is 6.16. The first kappa shape index (κ1) is 15.7. The fourth-order valence-electron chi connectivity index (χ4n) is 2.70. The molecular formula is C18H16N2O4. The summed E-state index contributed by atoms with van der Waals surface area (Å²) in [6.07, 6.45) is 0. The van der Waals surface area contributed by atoms with Crippen LogP contribution in [0, 0.1) is 0 Å². The molecule has 6 nitrogen and oxygen atoms in total. The number of carbonyl (C=O) groups is 3. The van der Waals surface area contributed by atoms with Crippen molar-refractivity contribution in [2.45, 2.75) is 19.5 Å². The maximum absolute atomic E-state index is 12.8. The van der Waals surface area contributed by atoms with Crippen molar-refractivity contribution in [3.05, 3.63) is 65.2 Å². The van der Waals surface area contributed by atoms with Crippen LogP contribution in [0.1, 0.15) is 33.2 Å². The van der Waals surface area contributed by atoms with E-state index in [4.69, 9.17) is 5.11 Å². The Morgan fingerprint density at radius 1 is 1.12 bits per heavy atom. The van der Waals surface area contributed by atoms with Crippen LogP contribution in [-0.4, -0.2) is 28.9 Å². The zero-order valence-corrected chi connectivity index (χ0v) is 13.0. The molecule has 0 radical (unpaired) electrons. The lowest BCUT2D eigenvalue weighted by atomic mass is 10.0. The zero-order chi connectivity index (χ0) is 17.3. The van der Waals surface area contributed by atoms with Crippen molar-refractivity contribution in [2.24, 2.45) is 0 Å². The molecule has 1 aliphatic heterocycles. The third kappa shape index (κ3) is 2.74. The number of fused-ring (bicyclic) bond motifs is 1. The van der Waals surface area contributed by atoms with Crippen LogP contribution in [0.2, 0.25) is 0 Å². The van der Waals surface area contributed by atoms with Gasteiger partial charge in [-0.3, -0.25) is 14.4 Å². The molecule has 2 aromatic rings. The number of carboxylic acid groups (broad SMARTS) is 1. The van der Waals surface area contributed by atoms with Crippen LogP contribution >= 0.6 is 0 Å². The Kier molecular flexibility index (Phi) is 4.04. The summed E-state index contributed by atoms with van der Waals surface area (Å²) in [5.74, 6) is -1.96. The number of amides is 2. The minimum atomic E-state index is -1.13. The monoisotopic (exact) mass is 324 g/mol. The van der Waals surface area contributed by atoms with Crippen LogP contribution in [0.25, 0.3) is 0 Å². The minimum absolute atomic E-state index is 0.198. The summed E-state index contributed by atoms with van der Waals surface area (Å²) in [5, 5.41) is 11.3. The van der Waals surface area contributed by atoms with E-state index in [9.17, 15) is 14.4 Å². The average molecular weight is 324 g/mol. The molecule has 0 fully saturated rings. The summed E-state index contributed by atoms with van der Waals surface area (Å²) in [6, 6.07) is 13.2. The topological polar surface area (TPSA) is 86.7 Å². The van der Waals surface area contributed by atoms with Crippen molar-refractivity contribution in [2.75, 3.05) is 4.90 Å². The van der Waals surface area contributed by atoms with Gasteiger partial charge in [0.25, 0.3) is 11.8 Å². The van der Waals surface area contributed by atoms with Gasteiger partial charge in [0.1, 0.15) is 6.04 Å². The Morgan fingerprint density at radius 2 is 1.83 bits per heavy atom. The van der Waals surface area contributed by atoms with Gasteiger partial charge in [0, 0.05) is 5.69 Å². The molecule has 2 aromatic carbocycles. The molecule has 0 saturated carbocycles. The molecule has 122 valence electrons. The number of carboxylic acids is 1. The van der Waals surface area contributed by atoms with E-state index >= 15 is 0 Å². The van der Waals surface area contributed by atoms with E-state index < -0.39 is 17.9 Å². The molecule has 0 spiro atoms. The molecule has 0 aromatic heterocycles. The van der Waals surface area contributed by atoms with Crippen LogP contribution in [0.5, 0.6) is 0 Å². The molecule has 24 heavy (non-hydrogen) atoms. The molecule has 1 atom stereocenters. The lowest BCUT2D eigenvalue weighted by Gasteiger charge is -2.15. The number of rotatable bonds is 4.